The van der Waals surface area contributed by atoms with E-state index in [0.717, 1.165) is 6.42 Å². The van der Waals surface area contributed by atoms with Gasteiger partial charge in [0.1, 0.15) is 5.78 Å². The fourth-order valence-corrected chi connectivity index (χ4v) is 0.287. The van der Waals surface area contributed by atoms with Crippen molar-refractivity contribution in [3.8, 4) is 0 Å². The topological polar surface area (TPSA) is 43.1 Å². The lowest BCUT2D eigenvalue weighted by atomic mass is 10.2. The fourth-order valence-electron chi connectivity index (χ4n) is 0.287. The molecule has 8 heavy (non-hydrogen) atoms. The predicted octanol–water partition coefficient (Wildman–Crippen LogP) is 0.734. The van der Waals surface area contributed by atoms with Crippen LogP contribution in [-0.4, -0.2) is 11.8 Å². The minimum atomic E-state index is -0.236. The number of rotatable bonds is 2. The van der Waals surface area contributed by atoms with Gasteiger partial charge in [0.05, 0.1) is 6.04 Å². The standard InChI is InChI=1S/C5H11NO.ClH/c1-3-5(6)4(2)7;/h5H,3,6H2,1-2H3;1H. The highest BCUT2D eigenvalue weighted by molar-refractivity contribution is 5.85. The number of carbonyl (C=O) groups excluding carboxylic acids is 1. The first-order valence-corrected chi connectivity index (χ1v) is 2.44. The molecule has 0 rings (SSSR count). The second kappa shape index (κ2) is 5.06. The number of ketones is 1. The summed E-state index contributed by atoms with van der Waals surface area (Å²) in [6.45, 7) is 3.40. The Morgan fingerprint density at radius 2 is 2.12 bits per heavy atom. The van der Waals surface area contributed by atoms with Crippen LogP contribution in [0.3, 0.4) is 0 Å². The summed E-state index contributed by atoms with van der Waals surface area (Å²) in [4.78, 5) is 10.2. The first-order chi connectivity index (χ1) is 3.18. The van der Waals surface area contributed by atoms with E-state index in [9.17, 15) is 4.79 Å². The largest absolute Gasteiger partial charge is 0.322 e. The van der Waals surface area contributed by atoms with Gasteiger partial charge < -0.3 is 5.73 Å². The summed E-state index contributed by atoms with van der Waals surface area (Å²) in [7, 11) is 0. The van der Waals surface area contributed by atoms with Crippen LogP contribution in [0.15, 0.2) is 0 Å². The molecule has 1 unspecified atom stereocenters. The molecule has 0 spiro atoms. The molecular formula is C5H12ClNO. The van der Waals surface area contributed by atoms with Crippen molar-refractivity contribution in [1.29, 1.82) is 0 Å². The SMILES string of the molecule is CCC(N)C(C)=O.Cl. The summed E-state index contributed by atoms with van der Waals surface area (Å²) in [5.41, 5.74) is 5.27. The predicted molar refractivity (Wildman–Crippen MR) is 36.2 cm³/mol. The van der Waals surface area contributed by atoms with Gasteiger partial charge in [0.2, 0.25) is 0 Å². The summed E-state index contributed by atoms with van der Waals surface area (Å²) in [6.07, 6.45) is 0.745. The maximum atomic E-state index is 10.2. The van der Waals surface area contributed by atoms with Crippen LogP contribution in [0.2, 0.25) is 0 Å². The van der Waals surface area contributed by atoms with Crippen LogP contribution in [0.25, 0.3) is 0 Å². The molecule has 0 aliphatic rings. The highest BCUT2D eigenvalue weighted by Gasteiger charge is 2.01. The second-order valence-electron chi connectivity index (χ2n) is 1.63. The van der Waals surface area contributed by atoms with Crippen LogP contribution >= 0.6 is 12.4 Å². The smallest absolute Gasteiger partial charge is 0.146 e. The van der Waals surface area contributed by atoms with Crippen molar-refractivity contribution in [3.05, 3.63) is 0 Å². The first kappa shape index (κ1) is 10.8. The molecule has 0 radical (unpaired) electrons. The van der Waals surface area contributed by atoms with Crippen LogP contribution in [0.4, 0.5) is 0 Å². The van der Waals surface area contributed by atoms with Gasteiger partial charge in [-0.3, -0.25) is 4.79 Å². The summed E-state index contributed by atoms with van der Waals surface area (Å²) < 4.78 is 0. The highest BCUT2D eigenvalue weighted by Crippen LogP contribution is 1.84. The van der Waals surface area contributed by atoms with Gasteiger partial charge in [0, 0.05) is 0 Å². The average Bonchev–Trinajstić information content (AvgIpc) is 1.65. The summed E-state index contributed by atoms with van der Waals surface area (Å²) in [5, 5.41) is 0. The molecule has 0 amide bonds. The molecule has 3 heteroatoms. The Balaban J connectivity index is 0. The van der Waals surface area contributed by atoms with E-state index >= 15 is 0 Å². The highest BCUT2D eigenvalue weighted by atomic mass is 35.5. The second-order valence-corrected chi connectivity index (χ2v) is 1.63. The van der Waals surface area contributed by atoms with Crippen molar-refractivity contribution in [2.45, 2.75) is 26.3 Å². The van der Waals surface area contributed by atoms with Crippen LogP contribution in [0, 0.1) is 0 Å². The van der Waals surface area contributed by atoms with Crippen LogP contribution in [0.1, 0.15) is 20.3 Å². The van der Waals surface area contributed by atoms with E-state index in [4.69, 9.17) is 5.73 Å². The number of Topliss-reactive ketones (excluding diaryl/α,β-unsaturated/α-hetero) is 1. The summed E-state index contributed by atoms with van der Waals surface area (Å²) >= 11 is 0. The first-order valence-electron chi connectivity index (χ1n) is 2.44. The molecule has 0 saturated carbocycles. The number of hydrogen-bond donors (Lipinski definition) is 1. The van der Waals surface area contributed by atoms with E-state index in [1.807, 2.05) is 6.92 Å². The van der Waals surface area contributed by atoms with Crippen LogP contribution in [0.5, 0.6) is 0 Å². The number of hydrogen-bond acceptors (Lipinski definition) is 2. The zero-order chi connectivity index (χ0) is 5.86. The minimum absolute atomic E-state index is 0. The Bertz CT molecular complexity index is 74.8. The molecule has 0 bridgehead atoms. The molecule has 0 aromatic carbocycles. The molecule has 0 aromatic rings. The molecular weight excluding hydrogens is 126 g/mol. The Morgan fingerprint density at radius 1 is 1.75 bits per heavy atom. The van der Waals surface area contributed by atoms with Gasteiger partial charge in [-0.25, -0.2) is 0 Å². The number of carbonyl (C=O) groups is 1. The molecule has 0 aliphatic heterocycles. The van der Waals surface area contributed by atoms with Gasteiger partial charge in [0.15, 0.2) is 0 Å². The van der Waals surface area contributed by atoms with Crippen molar-refractivity contribution < 1.29 is 4.79 Å². The lowest BCUT2D eigenvalue weighted by Crippen LogP contribution is -2.26. The van der Waals surface area contributed by atoms with Crippen LogP contribution < -0.4 is 5.73 Å². The van der Waals surface area contributed by atoms with E-state index in [1.54, 1.807) is 0 Å². The van der Waals surface area contributed by atoms with Crippen molar-refractivity contribution in [2.75, 3.05) is 0 Å². The van der Waals surface area contributed by atoms with E-state index < -0.39 is 0 Å². The third-order valence-corrected chi connectivity index (χ3v) is 0.962. The molecule has 50 valence electrons. The number of halogens is 1. The van der Waals surface area contributed by atoms with Crippen molar-refractivity contribution in [2.24, 2.45) is 5.73 Å². The molecule has 0 fully saturated rings. The van der Waals surface area contributed by atoms with Gasteiger partial charge in [-0.2, -0.15) is 0 Å². The quantitative estimate of drug-likeness (QED) is 0.610. The van der Waals surface area contributed by atoms with E-state index in [-0.39, 0.29) is 24.2 Å². The third-order valence-electron chi connectivity index (χ3n) is 0.962. The monoisotopic (exact) mass is 137 g/mol. The van der Waals surface area contributed by atoms with E-state index in [0.29, 0.717) is 0 Å². The Hall–Kier alpha value is -0.0800. The summed E-state index contributed by atoms with van der Waals surface area (Å²) in [6, 6.07) is -0.236. The minimum Gasteiger partial charge on any atom is -0.322 e. The maximum Gasteiger partial charge on any atom is 0.146 e. The van der Waals surface area contributed by atoms with Crippen LogP contribution in [-0.2, 0) is 4.79 Å². The van der Waals surface area contributed by atoms with Crippen molar-refractivity contribution in [3.63, 3.8) is 0 Å². The molecule has 2 N–H and O–H groups in total. The van der Waals surface area contributed by atoms with Gasteiger partial charge >= 0.3 is 0 Å². The van der Waals surface area contributed by atoms with Crippen molar-refractivity contribution >= 4 is 18.2 Å². The number of nitrogens with two attached hydrogens (primary N) is 1. The normalized spacial score (nSPS) is 11.9. The molecule has 0 heterocycles. The Labute approximate surface area is 55.9 Å². The fraction of sp³-hybridized carbons (Fsp3) is 0.800. The molecule has 0 aliphatic carbocycles. The lowest BCUT2D eigenvalue weighted by Gasteiger charge is -1.99. The Kier molecular flexibility index (Phi) is 6.85. The maximum absolute atomic E-state index is 10.2. The van der Waals surface area contributed by atoms with Gasteiger partial charge in [-0.1, -0.05) is 6.92 Å². The van der Waals surface area contributed by atoms with Gasteiger partial charge in [-0.05, 0) is 13.3 Å². The zero-order valence-electron chi connectivity index (χ0n) is 5.18. The van der Waals surface area contributed by atoms with Gasteiger partial charge in [-0.15, -0.1) is 12.4 Å². The van der Waals surface area contributed by atoms with Gasteiger partial charge in [0.25, 0.3) is 0 Å². The zero-order valence-corrected chi connectivity index (χ0v) is 5.99. The van der Waals surface area contributed by atoms with E-state index in [2.05, 4.69) is 0 Å². The molecule has 1 atom stereocenters. The average molecular weight is 138 g/mol. The lowest BCUT2D eigenvalue weighted by molar-refractivity contribution is -0.118. The Morgan fingerprint density at radius 3 is 2.12 bits per heavy atom. The third kappa shape index (κ3) is 4.09. The van der Waals surface area contributed by atoms with E-state index in [1.165, 1.54) is 6.92 Å². The molecule has 0 saturated heterocycles. The van der Waals surface area contributed by atoms with Crippen molar-refractivity contribution in [1.82, 2.24) is 0 Å². The molecule has 0 aromatic heterocycles. The summed E-state index contributed by atoms with van der Waals surface area (Å²) in [5.74, 6) is 0.0718. The molecule has 2 nitrogen and oxygen atoms in total.